The third-order valence-corrected chi connectivity index (χ3v) is 6.74. The zero-order valence-electron chi connectivity index (χ0n) is 16.0. The highest BCUT2D eigenvalue weighted by Gasteiger charge is 2.47. The molecule has 1 aromatic carbocycles. The Morgan fingerprint density at radius 1 is 1.32 bits per heavy atom. The van der Waals surface area contributed by atoms with E-state index in [-0.39, 0.29) is 42.1 Å². The van der Waals surface area contributed by atoms with Gasteiger partial charge in [0.2, 0.25) is 0 Å². The average Bonchev–Trinajstić information content (AvgIpc) is 3.29. The maximum Gasteiger partial charge on any atom is 0.419 e. The minimum absolute atomic E-state index is 0.0155. The normalized spacial score (nSPS) is 28.4. The van der Waals surface area contributed by atoms with Crippen molar-refractivity contribution < 1.29 is 42.0 Å². The second-order valence-electron chi connectivity index (χ2n) is 7.70. The fraction of sp³-hybridized carbons (Fsp3) is 0.500. The highest BCUT2D eigenvalue weighted by Crippen LogP contribution is 2.46. The van der Waals surface area contributed by atoms with Crippen LogP contribution in [0.4, 0.5) is 17.6 Å². The van der Waals surface area contributed by atoms with Crippen LogP contribution >= 0.6 is 11.3 Å². The van der Waals surface area contributed by atoms with Crippen molar-refractivity contribution in [3.05, 3.63) is 45.7 Å². The number of aliphatic hydroxyl groups is 1. The minimum Gasteiger partial charge on any atom is -0.493 e. The summed E-state index contributed by atoms with van der Waals surface area (Å²) in [6.07, 6.45) is -4.52. The Morgan fingerprint density at radius 2 is 2.10 bits per heavy atom. The van der Waals surface area contributed by atoms with Crippen molar-refractivity contribution >= 4 is 17.3 Å². The summed E-state index contributed by atoms with van der Waals surface area (Å²) in [4.78, 5) is 15.1. The van der Waals surface area contributed by atoms with Gasteiger partial charge in [-0.3, -0.25) is 0 Å². The number of aliphatic hydroxyl groups excluding tert-OH is 1. The van der Waals surface area contributed by atoms with Crippen molar-refractivity contribution in [2.24, 2.45) is 11.8 Å². The summed E-state index contributed by atoms with van der Waals surface area (Å²) < 4.78 is 63.4. The van der Waals surface area contributed by atoms with Crippen LogP contribution in [0.5, 0.6) is 5.75 Å². The first-order valence-electron chi connectivity index (χ1n) is 9.65. The molecule has 0 unspecified atom stereocenters. The van der Waals surface area contributed by atoms with Crippen molar-refractivity contribution in [1.82, 2.24) is 4.98 Å². The number of carbonyl (C=O) groups is 1. The minimum atomic E-state index is -4.78. The molecule has 0 bridgehead atoms. The Kier molecular flexibility index (Phi) is 5.93. The number of aromatic carboxylic acids is 1. The van der Waals surface area contributed by atoms with Crippen LogP contribution in [0.25, 0.3) is 0 Å². The van der Waals surface area contributed by atoms with Gasteiger partial charge >= 0.3 is 12.1 Å². The van der Waals surface area contributed by atoms with E-state index in [4.69, 9.17) is 14.6 Å². The predicted molar refractivity (Wildman–Crippen MR) is 100 cm³/mol. The van der Waals surface area contributed by atoms with Crippen LogP contribution in [-0.2, 0) is 10.9 Å². The molecule has 2 heterocycles. The number of carboxylic acid groups (broad SMARTS) is 1. The molecule has 1 aromatic heterocycles. The number of rotatable bonds is 5. The lowest BCUT2D eigenvalue weighted by molar-refractivity contribution is -0.140. The van der Waals surface area contributed by atoms with Gasteiger partial charge in [-0.05, 0) is 30.9 Å². The summed E-state index contributed by atoms with van der Waals surface area (Å²) in [7, 11) is 0. The molecule has 6 nitrogen and oxygen atoms in total. The van der Waals surface area contributed by atoms with Crippen molar-refractivity contribution in [2.45, 2.75) is 43.8 Å². The smallest absolute Gasteiger partial charge is 0.419 e. The van der Waals surface area contributed by atoms with Crippen molar-refractivity contribution in [2.75, 3.05) is 6.61 Å². The van der Waals surface area contributed by atoms with Gasteiger partial charge in [-0.2, -0.15) is 13.2 Å². The predicted octanol–water partition coefficient (Wildman–Crippen LogP) is 4.30. The first-order valence-corrected chi connectivity index (χ1v) is 10.5. The number of benzene rings is 1. The fourth-order valence-electron chi connectivity index (χ4n) is 4.29. The van der Waals surface area contributed by atoms with Crippen molar-refractivity contribution in [1.29, 1.82) is 0 Å². The molecule has 2 aromatic rings. The molecule has 0 amide bonds. The highest BCUT2D eigenvalue weighted by molar-refractivity contribution is 7.09. The molecule has 1 saturated carbocycles. The third-order valence-electron chi connectivity index (χ3n) is 5.80. The number of hydrogen-bond donors (Lipinski definition) is 2. The van der Waals surface area contributed by atoms with Crippen LogP contribution < -0.4 is 4.74 Å². The number of alkyl halides is 3. The molecule has 1 saturated heterocycles. The fourth-order valence-corrected chi connectivity index (χ4v) is 5.15. The molecule has 5 atom stereocenters. The molecular weight excluding hydrogens is 442 g/mol. The lowest BCUT2D eigenvalue weighted by Gasteiger charge is -2.33. The molecule has 2 fully saturated rings. The van der Waals surface area contributed by atoms with Gasteiger partial charge in [-0.1, -0.05) is 0 Å². The summed E-state index contributed by atoms with van der Waals surface area (Å²) in [5.41, 5.74) is -1.40. The zero-order valence-corrected chi connectivity index (χ0v) is 16.8. The number of ether oxygens (including phenoxy) is 2. The molecule has 0 radical (unpaired) electrons. The van der Waals surface area contributed by atoms with Crippen LogP contribution in [0.3, 0.4) is 0 Å². The van der Waals surface area contributed by atoms with Gasteiger partial charge in [-0.15, -0.1) is 11.3 Å². The summed E-state index contributed by atoms with van der Waals surface area (Å²) in [5.74, 6) is -2.92. The second kappa shape index (κ2) is 8.36. The van der Waals surface area contributed by atoms with Gasteiger partial charge in [0.15, 0.2) is 5.69 Å². The largest absolute Gasteiger partial charge is 0.493 e. The van der Waals surface area contributed by atoms with Crippen molar-refractivity contribution in [3.8, 4) is 5.75 Å². The van der Waals surface area contributed by atoms with E-state index in [9.17, 15) is 27.5 Å². The van der Waals surface area contributed by atoms with Crippen LogP contribution in [0.1, 0.15) is 46.4 Å². The van der Waals surface area contributed by atoms with Crippen LogP contribution in [-0.4, -0.2) is 40.0 Å². The summed E-state index contributed by atoms with van der Waals surface area (Å²) >= 11 is 1.21. The van der Waals surface area contributed by atoms with E-state index < -0.39 is 29.6 Å². The molecule has 1 aliphatic heterocycles. The Labute approximate surface area is 178 Å². The molecule has 0 spiro atoms. The number of aromatic nitrogens is 1. The van der Waals surface area contributed by atoms with Gasteiger partial charge < -0.3 is 19.7 Å². The standard InChI is InChI=1S/C20H19F4NO5S/c21-13-5-9(1-3-12(13)20(22,23)24)29-7-11-10-2-4-16(30-17(10)6-15(11)26)18-25-14(8-31-18)19(27)28/h1,3,5,8,10-11,15-17,26H,2,4,6-7H2,(H,27,28)/t10-,11-,15-,16-,17+/m1/s1. The number of halogens is 4. The van der Waals surface area contributed by atoms with E-state index in [2.05, 4.69) is 4.98 Å². The molecule has 31 heavy (non-hydrogen) atoms. The third kappa shape index (κ3) is 4.53. The first kappa shape index (κ1) is 22.0. The maximum absolute atomic E-state index is 13.7. The van der Waals surface area contributed by atoms with Gasteiger partial charge in [0, 0.05) is 23.8 Å². The topological polar surface area (TPSA) is 88.9 Å². The van der Waals surface area contributed by atoms with Gasteiger partial charge in [0.25, 0.3) is 0 Å². The Morgan fingerprint density at radius 3 is 2.74 bits per heavy atom. The number of fused-ring (bicyclic) bond motifs is 1. The van der Waals surface area contributed by atoms with Gasteiger partial charge in [-0.25, -0.2) is 14.2 Å². The quantitative estimate of drug-likeness (QED) is 0.646. The van der Waals surface area contributed by atoms with Crippen LogP contribution in [0, 0.1) is 17.7 Å². The second-order valence-corrected chi connectivity index (χ2v) is 8.59. The van der Waals surface area contributed by atoms with Crippen molar-refractivity contribution in [3.63, 3.8) is 0 Å². The number of hydrogen-bond acceptors (Lipinski definition) is 6. The van der Waals surface area contributed by atoms with Crippen LogP contribution in [0.15, 0.2) is 23.6 Å². The van der Waals surface area contributed by atoms with E-state index >= 15 is 0 Å². The van der Waals surface area contributed by atoms with Gasteiger partial charge in [0.1, 0.15) is 22.7 Å². The molecule has 168 valence electrons. The van der Waals surface area contributed by atoms with Gasteiger partial charge in [0.05, 0.1) is 24.4 Å². The van der Waals surface area contributed by atoms with E-state index in [1.165, 1.54) is 16.7 Å². The maximum atomic E-state index is 13.7. The number of nitrogens with zero attached hydrogens (tertiary/aromatic N) is 1. The number of thiazole rings is 1. The molecule has 11 heteroatoms. The lowest BCUT2D eigenvalue weighted by atomic mass is 9.87. The summed E-state index contributed by atoms with van der Waals surface area (Å²) in [6, 6.07) is 2.38. The van der Waals surface area contributed by atoms with E-state index in [1.807, 2.05) is 0 Å². The molecular formula is C20H19F4NO5S. The molecule has 4 rings (SSSR count). The van der Waals surface area contributed by atoms with E-state index in [0.29, 0.717) is 36.4 Å². The monoisotopic (exact) mass is 461 g/mol. The Hall–Kier alpha value is -2.24. The van der Waals surface area contributed by atoms with E-state index in [1.54, 1.807) is 0 Å². The highest BCUT2D eigenvalue weighted by atomic mass is 32.1. The molecule has 2 N–H and O–H groups in total. The summed E-state index contributed by atoms with van der Waals surface area (Å²) in [6.45, 7) is 0.0155. The first-order chi connectivity index (χ1) is 14.6. The van der Waals surface area contributed by atoms with Crippen LogP contribution in [0.2, 0.25) is 0 Å². The summed E-state index contributed by atoms with van der Waals surface area (Å²) in [5, 5.41) is 21.5. The molecule has 1 aliphatic carbocycles. The number of carboxylic acids is 1. The Bertz CT molecular complexity index is 965. The Balaban J connectivity index is 1.38. The average molecular weight is 461 g/mol. The molecule has 2 aliphatic rings. The van der Waals surface area contributed by atoms with E-state index in [0.717, 1.165) is 6.07 Å². The SMILES string of the molecule is O=C(O)c1csc([C@H]2CC[C@@H]3[C@@H](COc4ccc(C(F)(F)F)c(F)c4)[C@H](O)C[C@@H]3O2)n1. The zero-order chi connectivity index (χ0) is 22.3. The lowest BCUT2D eigenvalue weighted by Crippen LogP contribution is -2.33.